The molecule has 0 radical (unpaired) electrons. The van der Waals surface area contributed by atoms with Crippen LogP contribution < -0.4 is 0 Å². The highest BCUT2D eigenvalue weighted by Gasteiger charge is 2.03. The van der Waals surface area contributed by atoms with Crippen molar-refractivity contribution in [1.29, 1.82) is 0 Å². The fraction of sp³-hybridized carbons (Fsp3) is 1.00. The van der Waals surface area contributed by atoms with Crippen LogP contribution in [0, 0.1) is 0 Å². The SMILES string of the molecule is C[P+](C)(C)C.O=S(=O)([O-])[O-]. The molecule has 0 bridgehead atoms. The second kappa shape index (κ2) is 4.23. The molecule has 0 heterocycles. The van der Waals surface area contributed by atoms with Crippen LogP contribution >= 0.6 is 7.26 Å². The molecule has 0 aliphatic rings. The third-order valence-corrected chi connectivity index (χ3v) is 0. The Hall–Kier alpha value is 0.300. The van der Waals surface area contributed by atoms with Gasteiger partial charge < -0.3 is 9.11 Å². The average molecular weight is 187 g/mol. The van der Waals surface area contributed by atoms with Gasteiger partial charge in [-0.3, -0.25) is 8.42 Å². The summed E-state index contributed by atoms with van der Waals surface area (Å²) in [6, 6.07) is 0. The van der Waals surface area contributed by atoms with E-state index in [2.05, 4.69) is 26.7 Å². The Kier molecular flexibility index (Phi) is 5.48. The molecular weight excluding hydrogens is 175 g/mol. The van der Waals surface area contributed by atoms with Crippen LogP contribution in [-0.2, 0) is 10.4 Å². The van der Waals surface area contributed by atoms with E-state index in [1.807, 2.05) is 0 Å². The van der Waals surface area contributed by atoms with Gasteiger partial charge in [0.2, 0.25) is 0 Å². The molecule has 0 aromatic rings. The molecule has 0 fully saturated rings. The van der Waals surface area contributed by atoms with Crippen molar-refractivity contribution in [2.24, 2.45) is 0 Å². The highest BCUT2D eigenvalue weighted by atomic mass is 32.3. The molecule has 0 unspecified atom stereocenters. The lowest BCUT2D eigenvalue weighted by Gasteiger charge is -2.06. The first-order valence-corrected chi connectivity index (χ1v) is 7.37. The van der Waals surface area contributed by atoms with E-state index in [1.165, 1.54) is 0 Å². The maximum Gasteiger partial charge on any atom is 0.0481 e. The molecule has 0 rings (SSSR count). The van der Waals surface area contributed by atoms with Crippen molar-refractivity contribution in [1.82, 2.24) is 0 Å². The summed E-state index contributed by atoms with van der Waals surface area (Å²) in [5, 5.41) is 0. The molecule has 0 aromatic heterocycles. The highest BCUT2D eigenvalue weighted by molar-refractivity contribution is 7.79. The first-order chi connectivity index (χ1) is 4.00. The van der Waals surface area contributed by atoms with E-state index in [9.17, 15) is 0 Å². The Bertz CT molecular complexity index is 152. The lowest BCUT2D eigenvalue weighted by molar-refractivity contribution is 0.352. The lowest BCUT2D eigenvalue weighted by atomic mass is 11.8. The Labute approximate surface area is 62.6 Å². The first-order valence-electron chi connectivity index (χ1n) is 2.46. The maximum absolute atomic E-state index is 8.52. The summed E-state index contributed by atoms with van der Waals surface area (Å²) in [6.45, 7) is 9.19. The molecule has 0 amide bonds. The summed E-state index contributed by atoms with van der Waals surface area (Å²) in [7, 11) is -5.56. The monoisotopic (exact) mass is 187 g/mol. The van der Waals surface area contributed by atoms with Gasteiger partial charge in [0.05, 0.1) is 0 Å². The van der Waals surface area contributed by atoms with Crippen molar-refractivity contribution in [3.05, 3.63) is 0 Å². The zero-order valence-electron chi connectivity index (χ0n) is 6.49. The van der Waals surface area contributed by atoms with Crippen LogP contribution in [0.3, 0.4) is 0 Å². The van der Waals surface area contributed by atoms with Crippen molar-refractivity contribution in [3.8, 4) is 0 Å². The van der Waals surface area contributed by atoms with E-state index in [1.54, 1.807) is 0 Å². The lowest BCUT2D eigenvalue weighted by Crippen LogP contribution is -1.91. The zero-order valence-corrected chi connectivity index (χ0v) is 8.20. The Morgan fingerprint density at radius 1 is 1.00 bits per heavy atom. The number of rotatable bonds is 0. The fourth-order valence-corrected chi connectivity index (χ4v) is 0. The molecule has 0 saturated carbocycles. The zero-order chi connectivity index (χ0) is 9.00. The molecule has 0 spiro atoms. The van der Waals surface area contributed by atoms with Gasteiger partial charge in [0, 0.05) is 44.3 Å². The first kappa shape index (κ1) is 12.9. The highest BCUT2D eigenvalue weighted by Crippen LogP contribution is 2.40. The van der Waals surface area contributed by atoms with Gasteiger partial charge in [-0.05, 0) is 0 Å². The van der Waals surface area contributed by atoms with Crippen molar-refractivity contribution in [2.75, 3.05) is 26.7 Å². The molecular formula is C4H12O4PS-. The second-order valence-corrected chi connectivity index (χ2v) is 9.27. The van der Waals surface area contributed by atoms with E-state index in [0.717, 1.165) is 0 Å². The van der Waals surface area contributed by atoms with Crippen molar-refractivity contribution >= 4 is 17.7 Å². The Balaban J connectivity index is 0. The molecule has 0 atom stereocenters. The van der Waals surface area contributed by atoms with Crippen LogP contribution in [0.15, 0.2) is 0 Å². The van der Waals surface area contributed by atoms with Gasteiger partial charge in [-0.25, -0.2) is 0 Å². The van der Waals surface area contributed by atoms with Gasteiger partial charge >= 0.3 is 0 Å². The summed E-state index contributed by atoms with van der Waals surface area (Å²) < 4.78 is 34.1. The molecule has 10 heavy (non-hydrogen) atoms. The van der Waals surface area contributed by atoms with Crippen LogP contribution in [0.25, 0.3) is 0 Å². The molecule has 0 aliphatic carbocycles. The molecule has 4 nitrogen and oxygen atoms in total. The maximum atomic E-state index is 8.52. The van der Waals surface area contributed by atoms with Crippen molar-refractivity contribution in [2.45, 2.75) is 0 Å². The summed E-state index contributed by atoms with van der Waals surface area (Å²) in [6.07, 6.45) is 0. The molecule has 0 aliphatic heterocycles. The van der Waals surface area contributed by atoms with E-state index in [0.29, 0.717) is 0 Å². The van der Waals surface area contributed by atoms with Crippen LogP contribution in [0.2, 0.25) is 0 Å². The third kappa shape index (κ3) is 4910. The summed E-state index contributed by atoms with van der Waals surface area (Å²) in [5.74, 6) is 0. The minimum Gasteiger partial charge on any atom is -0.759 e. The van der Waals surface area contributed by atoms with Gasteiger partial charge in [0.1, 0.15) is 0 Å². The van der Waals surface area contributed by atoms with Gasteiger partial charge in [-0.15, -0.1) is 0 Å². The smallest absolute Gasteiger partial charge is 0.0481 e. The van der Waals surface area contributed by atoms with Gasteiger partial charge in [-0.2, -0.15) is 0 Å². The molecule has 64 valence electrons. The van der Waals surface area contributed by atoms with Crippen LogP contribution in [0.5, 0.6) is 0 Å². The molecule has 0 aromatic carbocycles. The topological polar surface area (TPSA) is 80.3 Å². The Morgan fingerprint density at radius 2 is 1.00 bits per heavy atom. The predicted octanol–water partition coefficient (Wildman–Crippen LogP) is 0.185. The minimum atomic E-state index is -5.17. The van der Waals surface area contributed by atoms with E-state index in [-0.39, 0.29) is 7.26 Å². The number of hydrogen-bond donors (Lipinski definition) is 0. The predicted molar refractivity (Wildman–Crippen MR) is 41.1 cm³/mol. The molecule has 0 saturated heterocycles. The fourth-order valence-electron chi connectivity index (χ4n) is 0. The third-order valence-electron chi connectivity index (χ3n) is 0. The largest absolute Gasteiger partial charge is 0.759 e. The minimum absolute atomic E-state index is 0.389. The van der Waals surface area contributed by atoms with Crippen LogP contribution in [-0.4, -0.2) is 44.2 Å². The van der Waals surface area contributed by atoms with E-state index in [4.69, 9.17) is 17.5 Å². The number of hydrogen-bond acceptors (Lipinski definition) is 4. The molecule has 6 heteroatoms. The van der Waals surface area contributed by atoms with Gasteiger partial charge in [-0.1, -0.05) is 0 Å². The summed E-state index contributed by atoms with van der Waals surface area (Å²) in [5.41, 5.74) is 0. The quantitative estimate of drug-likeness (QED) is 0.308. The van der Waals surface area contributed by atoms with E-state index >= 15 is 0 Å². The van der Waals surface area contributed by atoms with Crippen molar-refractivity contribution < 1.29 is 17.5 Å². The van der Waals surface area contributed by atoms with E-state index < -0.39 is 10.4 Å². The Morgan fingerprint density at radius 3 is 1.00 bits per heavy atom. The standard InChI is InChI=1S/C4H12P.H2O4S/c2*1-5(2,3)4/h1-4H3;(H2,1,2,3,4)/q+1;/p-2. The van der Waals surface area contributed by atoms with Crippen LogP contribution in [0.4, 0.5) is 0 Å². The normalized spacial score (nSPS) is 11.8. The van der Waals surface area contributed by atoms with Gasteiger partial charge in [0.25, 0.3) is 0 Å². The second-order valence-electron chi connectivity index (χ2n) is 3.09. The summed E-state index contributed by atoms with van der Waals surface area (Å²) in [4.78, 5) is 0. The average Bonchev–Trinajstić information content (AvgIpc) is 1.12. The van der Waals surface area contributed by atoms with Crippen LogP contribution in [0.1, 0.15) is 0 Å². The molecule has 0 N–H and O–H groups in total. The van der Waals surface area contributed by atoms with Crippen molar-refractivity contribution in [3.63, 3.8) is 0 Å². The summed E-state index contributed by atoms with van der Waals surface area (Å²) >= 11 is 0. The van der Waals surface area contributed by atoms with Gasteiger partial charge in [0.15, 0.2) is 0 Å².